The zero-order chi connectivity index (χ0) is 34.6. The van der Waals surface area contributed by atoms with Crippen molar-refractivity contribution in [2.75, 3.05) is 0 Å². The van der Waals surface area contributed by atoms with E-state index in [-0.39, 0.29) is 5.41 Å². The average Bonchev–Trinajstić information content (AvgIpc) is 3.65. The summed E-state index contributed by atoms with van der Waals surface area (Å²) in [5.41, 5.74) is 14.2. The fourth-order valence-electron chi connectivity index (χ4n) is 9.43. The molecule has 0 aliphatic heterocycles. The molecule has 0 bridgehead atoms. The first kappa shape index (κ1) is 29.3. The van der Waals surface area contributed by atoms with Crippen LogP contribution >= 0.6 is 0 Å². The molecular weight excluding hydrogens is 627 g/mol. The summed E-state index contributed by atoms with van der Waals surface area (Å²) in [6.45, 7) is 4.75. The monoisotopic (exact) mass is 661 g/mol. The molecule has 244 valence electrons. The Morgan fingerprint density at radius 3 is 1.38 bits per heavy atom. The summed E-state index contributed by atoms with van der Waals surface area (Å²) in [6, 6.07) is 65.3. The fraction of sp³-hybridized carbons (Fsp3) is 0.0588. The second-order valence-corrected chi connectivity index (χ2v) is 14.8. The van der Waals surface area contributed by atoms with Crippen molar-refractivity contribution in [3.63, 3.8) is 0 Å². The van der Waals surface area contributed by atoms with Gasteiger partial charge in [-0.15, -0.1) is 0 Å². The Labute approximate surface area is 303 Å². The zero-order valence-corrected chi connectivity index (χ0v) is 29.2. The first-order chi connectivity index (χ1) is 25.6. The number of rotatable bonds is 3. The summed E-state index contributed by atoms with van der Waals surface area (Å²) in [7, 11) is 0. The minimum atomic E-state index is -0.0689. The number of benzene rings is 9. The van der Waals surface area contributed by atoms with E-state index in [9.17, 15) is 0 Å². The van der Waals surface area contributed by atoms with Gasteiger partial charge in [0.25, 0.3) is 0 Å². The van der Waals surface area contributed by atoms with Crippen LogP contribution in [-0.2, 0) is 5.41 Å². The highest BCUT2D eigenvalue weighted by Gasteiger charge is 2.37. The van der Waals surface area contributed by atoms with Crippen LogP contribution in [0.2, 0.25) is 0 Å². The van der Waals surface area contributed by atoms with Crippen LogP contribution in [0.3, 0.4) is 0 Å². The predicted molar refractivity (Wildman–Crippen MR) is 222 cm³/mol. The predicted octanol–water partition coefficient (Wildman–Crippen LogP) is 13.9. The van der Waals surface area contributed by atoms with Crippen LogP contribution in [0.25, 0.3) is 93.2 Å². The lowest BCUT2D eigenvalue weighted by Crippen LogP contribution is -2.15. The van der Waals surface area contributed by atoms with Gasteiger partial charge in [0.2, 0.25) is 0 Å². The lowest BCUT2D eigenvalue weighted by Gasteiger charge is -2.23. The maximum Gasteiger partial charge on any atom is 0.0619 e. The van der Waals surface area contributed by atoms with Crippen molar-refractivity contribution in [3.05, 3.63) is 187 Å². The van der Waals surface area contributed by atoms with Crippen molar-refractivity contribution in [2.24, 2.45) is 0 Å². The van der Waals surface area contributed by atoms with Gasteiger partial charge in [-0.2, -0.15) is 0 Å². The third-order valence-electron chi connectivity index (χ3n) is 11.8. The van der Waals surface area contributed by atoms with Crippen molar-refractivity contribution in [3.8, 4) is 39.1 Å². The first-order valence-corrected chi connectivity index (χ1v) is 18.3. The molecule has 10 aromatic rings. The molecule has 0 N–H and O–H groups in total. The third-order valence-corrected chi connectivity index (χ3v) is 11.8. The van der Waals surface area contributed by atoms with E-state index in [0.29, 0.717) is 0 Å². The van der Waals surface area contributed by atoms with E-state index in [2.05, 4.69) is 194 Å². The molecule has 52 heavy (non-hydrogen) atoms. The van der Waals surface area contributed by atoms with Crippen LogP contribution in [0.15, 0.2) is 176 Å². The van der Waals surface area contributed by atoms with Crippen LogP contribution in [-0.4, -0.2) is 4.57 Å². The molecular formula is C51H35N. The summed E-state index contributed by atoms with van der Waals surface area (Å²) < 4.78 is 2.49. The van der Waals surface area contributed by atoms with E-state index in [0.717, 1.165) is 0 Å². The van der Waals surface area contributed by atoms with Crippen LogP contribution in [0.5, 0.6) is 0 Å². The van der Waals surface area contributed by atoms with Gasteiger partial charge < -0.3 is 4.57 Å². The molecule has 0 amide bonds. The highest BCUT2D eigenvalue weighted by molar-refractivity contribution is 6.21. The third kappa shape index (κ3) is 3.94. The van der Waals surface area contributed by atoms with E-state index in [1.54, 1.807) is 0 Å². The SMILES string of the molecule is CC1(C)c2ccccc2-c2c1cc(-c1ccc(-c3c4ccccc4c(-n4c5ccccc5c5ccccc54)c4ccccc34)cc1)c1ccccc21. The Morgan fingerprint density at radius 1 is 0.346 bits per heavy atom. The van der Waals surface area contributed by atoms with Crippen LogP contribution < -0.4 is 0 Å². The highest BCUT2D eigenvalue weighted by atomic mass is 15.0. The van der Waals surface area contributed by atoms with Gasteiger partial charge in [-0.25, -0.2) is 0 Å². The summed E-state index contributed by atoms with van der Waals surface area (Å²) in [5.74, 6) is 0. The molecule has 11 rings (SSSR count). The molecule has 9 aromatic carbocycles. The molecule has 0 saturated heterocycles. The molecule has 1 aromatic heterocycles. The minimum Gasteiger partial charge on any atom is -0.308 e. The Hall–Kier alpha value is -6.44. The van der Waals surface area contributed by atoms with E-state index in [1.807, 2.05) is 0 Å². The smallest absolute Gasteiger partial charge is 0.0619 e. The second-order valence-electron chi connectivity index (χ2n) is 14.8. The van der Waals surface area contributed by atoms with Gasteiger partial charge in [0.1, 0.15) is 0 Å². The minimum absolute atomic E-state index is 0.0689. The normalized spacial score (nSPS) is 13.3. The molecule has 0 unspecified atom stereocenters. The summed E-state index contributed by atoms with van der Waals surface area (Å²) in [4.78, 5) is 0. The van der Waals surface area contributed by atoms with Crippen molar-refractivity contribution in [2.45, 2.75) is 19.3 Å². The van der Waals surface area contributed by atoms with Crippen molar-refractivity contribution < 1.29 is 0 Å². The summed E-state index contributed by atoms with van der Waals surface area (Å²) >= 11 is 0. The number of nitrogens with zero attached hydrogens (tertiary/aromatic N) is 1. The van der Waals surface area contributed by atoms with Gasteiger partial charge in [-0.1, -0.05) is 172 Å². The molecule has 0 spiro atoms. The Balaban J connectivity index is 1.14. The lowest BCUT2D eigenvalue weighted by molar-refractivity contribution is 0.661. The molecule has 0 saturated carbocycles. The molecule has 1 aliphatic carbocycles. The quantitative estimate of drug-likeness (QED) is 0.166. The topological polar surface area (TPSA) is 4.93 Å². The second kappa shape index (κ2) is 10.8. The van der Waals surface area contributed by atoms with E-state index < -0.39 is 0 Å². The van der Waals surface area contributed by atoms with Gasteiger partial charge in [0.05, 0.1) is 16.7 Å². The number of hydrogen-bond acceptors (Lipinski definition) is 0. The molecule has 1 heterocycles. The van der Waals surface area contributed by atoms with Gasteiger partial charge in [0, 0.05) is 27.0 Å². The molecule has 1 nitrogen and oxygen atoms in total. The molecule has 1 aliphatic rings. The fourth-order valence-corrected chi connectivity index (χ4v) is 9.43. The standard InChI is InChI=1S/C51H35N/c1-51(2)44-24-12-9-23-42(44)49-37-18-4-3-15-34(37)43(31-45(49)51)32-27-29-33(30-28-32)48-38-19-5-7-21-40(38)50(41-22-8-6-20-39(41)48)52-46-25-13-10-16-35(46)36-17-11-14-26-47(36)52/h3-31H,1-2H3. The number of hydrogen-bond donors (Lipinski definition) is 0. The van der Waals surface area contributed by atoms with Gasteiger partial charge in [-0.3, -0.25) is 0 Å². The summed E-state index contributed by atoms with van der Waals surface area (Å²) in [6.07, 6.45) is 0. The molecule has 0 fully saturated rings. The van der Waals surface area contributed by atoms with Gasteiger partial charge in [-0.05, 0) is 84.3 Å². The lowest BCUT2D eigenvalue weighted by atomic mass is 9.80. The Kier molecular flexibility index (Phi) is 6.08. The van der Waals surface area contributed by atoms with E-state index in [1.165, 1.54) is 104 Å². The number of para-hydroxylation sites is 2. The van der Waals surface area contributed by atoms with Crippen LogP contribution in [0.4, 0.5) is 0 Å². The maximum absolute atomic E-state index is 2.49. The molecule has 1 heteroatoms. The van der Waals surface area contributed by atoms with Crippen molar-refractivity contribution in [1.82, 2.24) is 4.57 Å². The van der Waals surface area contributed by atoms with E-state index >= 15 is 0 Å². The van der Waals surface area contributed by atoms with Gasteiger partial charge >= 0.3 is 0 Å². The molecule has 0 radical (unpaired) electrons. The van der Waals surface area contributed by atoms with Crippen LogP contribution in [0, 0.1) is 0 Å². The van der Waals surface area contributed by atoms with Crippen LogP contribution in [0.1, 0.15) is 25.0 Å². The summed E-state index contributed by atoms with van der Waals surface area (Å²) in [5, 5.41) is 10.2. The zero-order valence-electron chi connectivity index (χ0n) is 29.2. The maximum atomic E-state index is 2.49. The van der Waals surface area contributed by atoms with Crippen molar-refractivity contribution in [1.29, 1.82) is 0 Å². The first-order valence-electron chi connectivity index (χ1n) is 18.3. The Morgan fingerprint density at radius 2 is 0.788 bits per heavy atom. The number of fused-ring (bicyclic) bond motifs is 10. The van der Waals surface area contributed by atoms with Crippen molar-refractivity contribution >= 4 is 54.1 Å². The van der Waals surface area contributed by atoms with E-state index in [4.69, 9.17) is 0 Å². The number of aromatic nitrogens is 1. The van der Waals surface area contributed by atoms with Gasteiger partial charge in [0.15, 0.2) is 0 Å². The largest absolute Gasteiger partial charge is 0.308 e. The Bertz CT molecular complexity index is 2970. The average molecular weight is 662 g/mol. The highest BCUT2D eigenvalue weighted by Crippen LogP contribution is 2.53. The molecule has 0 atom stereocenters.